The van der Waals surface area contributed by atoms with E-state index in [0.717, 1.165) is 14.9 Å². The number of nitrogens with zero attached hydrogens (tertiary/aromatic N) is 1. The highest BCUT2D eigenvalue weighted by Gasteiger charge is 2.23. The topological polar surface area (TPSA) is 63.3 Å². The lowest BCUT2D eigenvalue weighted by Gasteiger charge is -1.95. The molecule has 3 rings (SSSR count). The number of hydrogen-bond donors (Lipinski definition) is 1. The first-order valence-corrected chi connectivity index (χ1v) is 7.37. The zero-order valence-electron chi connectivity index (χ0n) is 10.0. The van der Waals surface area contributed by atoms with Crippen LogP contribution in [0.5, 0.6) is 0 Å². The van der Waals surface area contributed by atoms with Gasteiger partial charge < -0.3 is 9.52 Å². The van der Waals surface area contributed by atoms with E-state index in [2.05, 4.69) is 20.9 Å². The maximum Gasteiger partial charge on any atom is 0.358 e. The van der Waals surface area contributed by atoms with Crippen molar-refractivity contribution in [2.24, 2.45) is 0 Å². The lowest BCUT2D eigenvalue weighted by molar-refractivity contribution is 0.0691. The molecule has 0 aliphatic heterocycles. The molecular formula is C14H8BrNO3S. The Bertz CT molecular complexity index is 764. The molecule has 2 aromatic heterocycles. The fourth-order valence-electron chi connectivity index (χ4n) is 1.78. The van der Waals surface area contributed by atoms with E-state index in [1.807, 2.05) is 41.8 Å². The quantitative estimate of drug-likeness (QED) is 0.754. The van der Waals surface area contributed by atoms with E-state index in [-0.39, 0.29) is 11.5 Å². The van der Waals surface area contributed by atoms with E-state index in [1.165, 1.54) is 11.3 Å². The van der Waals surface area contributed by atoms with Gasteiger partial charge in [0.2, 0.25) is 5.89 Å². The van der Waals surface area contributed by atoms with Crippen LogP contribution in [0.25, 0.3) is 22.1 Å². The van der Waals surface area contributed by atoms with Gasteiger partial charge in [-0.2, -0.15) is 0 Å². The Balaban J connectivity index is 2.18. The fraction of sp³-hybridized carbons (Fsp3) is 0. The van der Waals surface area contributed by atoms with Crippen LogP contribution in [0.2, 0.25) is 0 Å². The smallest absolute Gasteiger partial charge is 0.358 e. The summed E-state index contributed by atoms with van der Waals surface area (Å²) in [6, 6.07) is 11.1. The summed E-state index contributed by atoms with van der Waals surface area (Å²) in [7, 11) is 0. The maximum atomic E-state index is 11.3. The van der Waals surface area contributed by atoms with Gasteiger partial charge in [-0.25, -0.2) is 9.78 Å². The van der Waals surface area contributed by atoms with Gasteiger partial charge in [0.25, 0.3) is 0 Å². The van der Waals surface area contributed by atoms with Crippen LogP contribution >= 0.6 is 27.3 Å². The van der Waals surface area contributed by atoms with E-state index in [4.69, 9.17) is 4.42 Å². The fourth-order valence-corrected chi connectivity index (χ4v) is 3.31. The van der Waals surface area contributed by atoms with E-state index in [9.17, 15) is 9.90 Å². The number of halogens is 1. The molecule has 1 N–H and O–H groups in total. The Morgan fingerprint density at radius 3 is 2.60 bits per heavy atom. The van der Waals surface area contributed by atoms with Crippen LogP contribution in [0.1, 0.15) is 10.5 Å². The number of hydrogen-bond acceptors (Lipinski definition) is 4. The van der Waals surface area contributed by atoms with Crippen molar-refractivity contribution in [1.82, 2.24) is 4.98 Å². The average molecular weight is 350 g/mol. The highest BCUT2D eigenvalue weighted by atomic mass is 79.9. The molecule has 0 fully saturated rings. The number of rotatable bonds is 3. The monoisotopic (exact) mass is 349 g/mol. The predicted molar refractivity (Wildman–Crippen MR) is 79.9 cm³/mol. The predicted octanol–water partition coefficient (Wildman–Crippen LogP) is 4.53. The van der Waals surface area contributed by atoms with Gasteiger partial charge in [0, 0.05) is 10.0 Å². The summed E-state index contributed by atoms with van der Waals surface area (Å²) in [5.41, 5.74) is 0.668. The lowest BCUT2D eigenvalue weighted by atomic mass is 10.2. The number of aromatic carboxylic acids is 1. The molecule has 0 aliphatic rings. The number of benzene rings is 1. The zero-order chi connectivity index (χ0) is 14.1. The standard InChI is InChI=1S/C14H8BrNO3S/c15-9-6-7-20-12(9)11-10(14(17)18)16-13(19-11)8-4-2-1-3-5-8/h1-7H,(H,17,18). The van der Waals surface area contributed by atoms with E-state index < -0.39 is 5.97 Å². The van der Waals surface area contributed by atoms with Crippen molar-refractivity contribution in [2.45, 2.75) is 0 Å². The molecule has 0 amide bonds. The molecule has 100 valence electrons. The Morgan fingerprint density at radius 2 is 2.00 bits per heavy atom. The van der Waals surface area contributed by atoms with Gasteiger partial charge in [-0.05, 0) is 39.5 Å². The van der Waals surface area contributed by atoms with Gasteiger partial charge in [-0.3, -0.25) is 0 Å². The molecule has 2 heterocycles. The Kier molecular flexibility index (Phi) is 3.42. The molecule has 0 bridgehead atoms. The summed E-state index contributed by atoms with van der Waals surface area (Å²) in [6.45, 7) is 0. The van der Waals surface area contributed by atoms with Gasteiger partial charge in [0.1, 0.15) is 0 Å². The number of carboxylic acid groups (broad SMARTS) is 1. The number of carbonyl (C=O) groups is 1. The summed E-state index contributed by atoms with van der Waals surface area (Å²) in [5, 5.41) is 11.1. The van der Waals surface area contributed by atoms with Gasteiger partial charge in [0.15, 0.2) is 11.5 Å². The van der Waals surface area contributed by atoms with Gasteiger partial charge in [0.05, 0.1) is 4.88 Å². The Labute approximate surface area is 126 Å². The molecule has 4 nitrogen and oxygen atoms in total. The summed E-state index contributed by atoms with van der Waals surface area (Å²) < 4.78 is 6.47. The second-order valence-electron chi connectivity index (χ2n) is 3.97. The number of carboxylic acids is 1. The van der Waals surface area contributed by atoms with Crippen molar-refractivity contribution in [3.8, 4) is 22.1 Å². The molecule has 3 aromatic rings. The van der Waals surface area contributed by atoms with Crippen LogP contribution in [-0.2, 0) is 0 Å². The maximum absolute atomic E-state index is 11.3. The minimum absolute atomic E-state index is 0.0768. The molecule has 0 saturated heterocycles. The van der Waals surface area contributed by atoms with Crippen LogP contribution in [-0.4, -0.2) is 16.1 Å². The summed E-state index contributed by atoms with van der Waals surface area (Å²) >= 11 is 4.78. The van der Waals surface area contributed by atoms with Crippen molar-refractivity contribution in [2.75, 3.05) is 0 Å². The molecule has 0 saturated carbocycles. The Morgan fingerprint density at radius 1 is 1.25 bits per heavy atom. The van der Waals surface area contributed by atoms with Crippen LogP contribution in [0.3, 0.4) is 0 Å². The molecule has 0 spiro atoms. The van der Waals surface area contributed by atoms with Crippen LogP contribution in [0.4, 0.5) is 0 Å². The summed E-state index contributed by atoms with van der Waals surface area (Å²) in [4.78, 5) is 16.2. The molecule has 0 radical (unpaired) electrons. The van der Waals surface area contributed by atoms with Crippen molar-refractivity contribution in [3.05, 3.63) is 51.9 Å². The van der Waals surface area contributed by atoms with Crippen molar-refractivity contribution in [3.63, 3.8) is 0 Å². The third-order valence-electron chi connectivity index (χ3n) is 2.67. The van der Waals surface area contributed by atoms with E-state index in [0.29, 0.717) is 5.89 Å². The largest absolute Gasteiger partial charge is 0.476 e. The first-order chi connectivity index (χ1) is 9.66. The zero-order valence-corrected chi connectivity index (χ0v) is 12.4. The minimum Gasteiger partial charge on any atom is -0.476 e. The average Bonchev–Trinajstić information content (AvgIpc) is 3.05. The molecule has 0 atom stereocenters. The van der Waals surface area contributed by atoms with Crippen LogP contribution < -0.4 is 0 Å². The second-order valence-corrected chi connectivity index (χ2v) is 5.74. The van der Waals surface area contributed by atoms with E-state index in [1.54, 1.807) is 0 Å². The normalized spacial score (nSPS) is 10.7. The molecule has 20 heavy (non-hydrogen) atoms. The number of aromatic nitrogens is 1. The SMILES string of the molecule is O=C(O)c1nc(-c2ccccc2)oc1-c1sccc1Br. The number of thiophene rings is 1. The third-order valence-corrected chi connectivity index (χ3v) is 4.51. The first kappa shape index (κ1) is 13.1. The van der Waals surface area contributed by atoms with Crippen molar-refractivity contribution < 1.29 is 14.3 Å². The van der Waals surface area contributed by atoms with Gasteiger partial charge >= 0.3 is 5.97 Å². The highest BCUT2D eigenvalue weighted by molar-refractivity contribution is 9.10. The van der Waals surface area contributed by atoms with Crippen molar-refractivity contribution >= 4 is 33.2 Å². The third kappa shape index (κ3) is 2.28. The number of oxazole rings is 1. The molecule has 1 aromatic carbocycles. The minimum atomic E-state index is -1.11. The molecule has 6 heteroatoms. The lowest BCUT2D eigenvalue weighted by Crippen LogP contribution is -1.98. The molecular weight excluding hydrogens is 342 g/mol. The first-order valence-electron chi connectivity index (χ1n) is 5.69. The Hall–Kier alpha value is -1.92. The highest BCUT2D eigenvalue weighted by Crippen LogP contribution is 2.37. The van der Waals surface area contributed by atoms with E-state index >= 15 is 0 Å². The molecule has 0 unspecified atom stereocenters. The van der Waals surface area contributed by atoms with Crippen molar-refractivity contribution in [1.29, 1.82) is 0 Å². The van der Waals surface area contributed by atoms with Crippen LogP contribution in [0.15, 0.2) is 50.7 Å². The van der Waals surface area contributed by atoms with Gasteiger partial charge in [-0.1, -0.05) is 18.2 Å². The molecule has 0 aliphatic carbocycles. The van der Waals surface area contributed by atoms with Crippen LogP contribution in [0, 0.1) is 0 Å². The second kappa shape index (κ2) is 5.22. The summed E-state index contributed by atoms with van der Waals surface area (Å²) in [6.07, 6.45) is 0. The summed E-state index contributed by atoms with van der Waals surface area (Å²) in [5.74, 6) is -0.525. The van der Waals surface area contributed by atoms with Gasteiger partial charge in [-0.15, -0.1) is 11.3 Å².